The summed E-state index contributed by atoms with van der Waals surface area (Å²) in [5.41, 5.74) is 2.84. The highest BCUT2D eigenvalue weighted by molar-refractivity contribution is 6.08. The zero-order valence-corrected chi connectivity index (χ0v) is 13.4. The number of ether oxygens (including phenoxy) is 1. The molecule has 0 spiro atoms. The summed E-state index contributed by atoms with van der Waals surface area (Å²) in [6.07, 6.45) is -0.878. The molecule has 0 saturated carbocycles. The van der Waals surface area contributed by atoms with E-state index in [2.05, 4.69) is 0 Å². The summed E-state index contributed by atoms with van der Waals surface area (Å²) in [4.78, 5) is 12.2. The van der Waals surface area contributed by atoms with Crippen LogP contribution in [-0.4, -0.2) is 22.6 Å². The summed E-state index contributed by atoms with van der Waals surface area (Å²) in [7, 11) is 3.47. The number of carbonyl (C=O) groups is 1. The molecule has 4 nitrogen and oxygen atoms in total. The van der Waals surface area contributed by atoms with Crippen LogP contribution in [0.3, 0.4) is 0 Å². The Kier molecular flexibility index (Phi) is 3.92. The molecule has 3 rings (SSSR count). The van der Waals surface area contributed by atoms with Gasteiger partial charge < -0.3 is 14.4 Å². The van der Waals surface area contributed by atoms with Gasteiger partial charge in [-0.05, 0) is 30.7 Å². The van der Waals surface area contributed by atoms with E-state index >= 15 is 0 Å². The zero-order chi connectivity index (χ0) is 16.6. The number of methoxy groups -OCH3 is 1. The maximum atomic E-state index is 12.2. The lowest BCUT2D eigenvalue weighted by Gasteiger charge is -2.15. The molecule has 0 saturated heterocycles. The van der Waals surface area contributed by atoms with Crippen LogP contribution < -0.4 is 4.74 Å². The second kappa shape index (κ2) is 5.89. The number of aromatic nitrogens is 1. The van der Waals surface area contributed by atoms with Gasteiger partial charge in [0.25, 0.3) is 0 Å². The van der Waals surface area contributed by atoms with Crippen molar-refractivity contribution in [2.24, 2.45) is 7.05 Å². The topological polar surface area (TPSA) is 51.5 Å². The Labute approximate surface area is 134 Å². The molecule has 1 N–H and O–H groups in total. The highest BCUT2D eigenvalue weighted by Gasteiger charge is 2.24. The second-order valence-corrected chi connectivity index (χ2v) is 5.57. The minimum atomic E-state index is -0.878. The molecule has 1 heterocycles. The Balaban J connectivity index is 2.19. The van der Waals surface area contributed by atoms with Crippen LogP contribution >= 0.6 is 0 Å². The SMILES string of the molecule is COc1ccc(C(O)c2c(C(C)=O)c3ccccc3n2C)cc1. The van der Waals surface area contributed by atoms with E-state index in [-0.39, 0.29) is 5.78 Å². The third kappa shape index (κ3) is 2.51. The molecule has 3 aromatic rings. The lowest BCUT2D eigenvalue weighted by molar-refractivity contribution is 0.101. The fourth-order valence-corrected chi connectivity index (χ4v) is 3.05. The smallest absolute Gasteiger partial charge is 0.162 e. The van der Waals surface area contributed by atoms with Crippen LogP contribution in [0.1, 0.15) is 34.6 Å². The van der Waals surface area contributed by atoms with Gasteiger partial charge in [0.2, 0.25) is 0 Å². The number of para-hydroxylation sites is 1. The third-order valence-electron chi connectivity index (χ3n) is 4.19. The Morgan fingerprint density at radius 1 is 1.13 bits per heavy atom. The van der Waals surface area contributed by atoms with Gasteiger partial charge in [0.15, 0.2) is 5.78 Å². The molecule has 4 heteroatoms. The van der Waals surface area contributed by atoms with Crippen molar-refractivity contribution in [3.05, 3.63) is 65.4 Å². The average molecular weight is 309 g/mol. The predicted octanol–water partition coefficient (Wildman–Crippen LogP) is 3.47. The molecule has 1 atom stereocenters. The van der Waals surface area contributed by atoms with Crippen molar-refractivity contribution < 1.29 is 14.6 Å². The van der Waals surface area contributed by atoms with Crippen LogP contribution in [0.2, 0.25) is 0 Å². The van der Waals surface area contributed by atoms with Gasteiger partial charge >= 0.3 is 0 Å². The number of hydrogen-bond acceptors (Lipinski definition) is 3. The molecule has 0 bridgehead atoms. The molecule has 1 unspecified atom stereocenters. The minimum Gasteiger partial charge on any atom is -0.497 e. The molecule has 1 aromatic heterocycles. The molecule has 118 valence electrons. The summed E-state index contributed by atoms with van der Waals surface area (Å²) < 4.78 is 7.04. The number of aliphatic hydroxyl groups is 1. The number of hydrogen-bond donors (Lipinski definition) is 1. The number of ketones is 1. The van der Waals surface area contributed by atoms with E-state index < -0.39 is 6.10 Å². The molecule has 2 aromatic carbocycles. The molecular formula is C19H19NO3. The van der Waals surface area contributed by atoms with Crippen molar-refractivity contribution in [3.8, 4) is 5.75 Å². The molecule has 23 heavy (non-hydrogen) atoms. The Morgan fingerprint density at radius 3 is 2.39 bits per heavy atom. The van der Waals surface area contributed by atoms with Crippen LogP contribution in [0.4, 0.5) is 0 Å². The van der Waals surface area contributed by atoms with Crippen molar-refractivity contribution in [2.45, 2.75) is 13.0 Å². The van der Waals surface area contributed by atoms with Crippen LogP contribution in [0, 0.1) is 0 Å². The molecule has 0 amide bonds. The van der Waals surface area contributed by atoms with Crippen LogP contribution in [0.25, 0.3) is 10.9 Å². The largest absolute Gasteiger partial charge is 0.497 e. The van der Waals surface area contributed by atoms with Crippen molar-refractivity contribution in [1.29, 1.82) is 0 Å². The number of aliphatic hydroxyl groups excluding tert-OH is 1. The number of carbonyl (C=O) groups excluding carboxylic acids is 1. The van der Waals surface area contributed by atoms with Crippen molar-refractivity contribution in [2.75, 3.05) is 7.11 Å². The van der Waals surface area contributed by atoms with Gasteiger partial charge in [0, 0.05) is 23.5 Å². The number of fused-ring (bicyclic) bond motifs is 1. The van der Waals surface area contributed by atoms with E-state index in [1.54, 1.807) is 19.2 Å². The molecule has 0 radical (unpaired) electrons. The molecule has 0 aliphatic carbocycles. The van der Waals surface area contributed by atoms with E-state index in [0.717, 1.165) is 22.2 Å². The first-order chi connectivity index (χ1) is 11.0. The van der Waals surface area contributed by atoms with Crippen LogP contribution in [-0.2, 0) is 7.05 Å². The first kappa shape index (κ1) is 15.3. The first-order valence-electron chi connectivity index (χ1n) is 7.45. The highest BCUT2D eigenvalue weighted by atomic mass is 16.5. The van der Waals surface area contributed by atoms with Gasteiger partial charge in [-0.1, -0.05) is 30.3 Å². The van der Waals surface area contributed by atoms with E-state index in [4.69, 9.17) is 4.74 Å². The standard InChI is InChI=1S/C19H19NO3/c1-12(21)17-15-6-4-5-7-16(15)20(2)18(17)19(22)13-8-10-14(23-3)11-9-13/h4-11,19,22H,1-3H3. The summed E-state index contributed by atoms with van der Waals surface area (Å²) in [6, 6.07) is 14.9. The average Bonchev–Trinajstić information content (AvgIpc) is 2.88. The van der Waals surface area contributed by atoms with Gasteiger partial charge in [0.05, 0.1) is 12.8 Å². The predicted molar refractivity (Wildman–Crippen MR) is 90.0 cm³/mol. The second-order valence-electron chi connectivity index (χ2n) is 5.57. The van der Waals surface area contributed by atoms with Gasteiger partial charge in [-0.25, -0.2) is 0 Å². The number of Topliss-reactive ketones (excluding diaryl/α,β-unsaturated/α-hetero) is 1. The van der Waals surface area contributed by atoms with Gasteiger partial charge in [-0.3, -0.25) is 4.79 Å². The van der Waals surface area contributed by atoms with E-state index in [0.29, 0.717) is 11.3 Å². The first-order valence-corrected chi connectivity index (χ1v) is 7.45. The summed E-state index contributed by atoms with van der Waals surface area (Å²) in [6.45, 7) is 1.53. The normalized spacial score (nSPS) is 12.3. The maximum absolute atomic E-state index is 12.2. The maximum Gasteiger partial charge on any atom is 0.162 e. The van der Waals surface area contributed by atoms with Crippen LogP contribution in [0.5, 0.6) is 5.75 Å². The van der Waals surface area contributed by atoms with Crippen LogP contribution in [0.15, 0.2) is 48.5 Å². The zero-order valence-electron chi connectivity index (χ0n) is 13.4. The summed E-state index contributed by atoms with van der Waals surface area (Å²) in [5.74, 6) is 0.675. The number of aryl methyl sites for hydroxylation is 1. The number of benzene rings is 2. The van der Waals surface area contributed by atoms with E-state index in [1.165, 1.54) is 6.92 Å². The molecule has 0 aliphatic heterocycles. The monoisotopic (exact) mass is 309 g/mol. The fourth-order valence-electron chi connectivity index (χ4n) is 3.05. The van der Waals surface area contributed by atoms with Gasteiger partial charge in [0.1, 0.15) is 11.9 Å². The van der Waals surface area contributed by atoms with E-state index in [9.17, 15) is 9.90 Å². The third-order valence-corrected chi connectivity index (χ3v) is 4.19. The van der Waals surface area contributed by atoms with Crippen molar-refractivity contribution in [1.82, 2.24) is 4.57 Å². The van der Waals surface area contributed by atoms with Crippen molar-refractivity contribution >= 4 is 16.7 Å². The summed E-state index contributed by atoms with van der Waals surface area (Å²) >= 11 is 0. The Morgan fingerprint density at radius 2 is 1.78 bits per heavy atom. The Bertz CT molecular complexity index is 862. The fraction of sp³-hybridized carbons (Fsp3) is 0.211. The Hall–Kier alpha value is -2.59. The van der Waals surface area contributed by atoms with Gasteiger partial charge in [-0.2, -0.15) is 0 Å². The lowest BCUT2D eigenvalue weighted by atomic mass is 9.99. The molecule has 0 fully saturated rings. The minimum absolute atomic E-state index is 0.0515. The molecule has 0 aliphatic rings. The number of nitrogens with zero attached hydrogens (tertiary/aromatic N) is 1. The van der Waals surface area contributed by atoms with Crippen molar-refractivity contribution in [3.63, 3.8) is 0 Å². The van der Waals surface area contributed by atoms with Gasteiger partial charge in [-0.15, -0.1) is 0 Å². The van der Waals surface area contributed by atoms with E-state index in [1.807, 2.05) is 48.0 Å². The highest BCUT2D eigenvalue weighted by Crippen LogP contribution is 2.33. The quantitative estimate of drug-likeness (QED) is 0.751. The summed E-state index contributed by atoms with van der Waals surface area (Å²) in [5, 5.41) is 11.7. The number of rotatable bonds is 4. The molecular weight excluding hydrogens is 290 g/mol. The lowest BCUT2D eigenvalue weighted by Crippen LogP contribution is -2.10.